The van der Waals surface area contributed by atoms with E-state index in [0.29, 0.717) is 18.2 Å². The molecule has 1 aliphatic carbocycles. The lowest BCUT2D eigenvalue weighted by Crippen LogP contribution is -2.41. The molecule has 0 atom stereocenters. The van der Waals surface area contributed by atoms with Crippen molar-refractivity contribution in [1.82, 2.24) is 4.37 Å². The summed E-state index contributed by atoms with van der Waals surface area (Å²) in [4.78, 5) is 2.06. The Morgan fingerprint density at radius 3 is 2.88 bits per heavy atom. The van der Waals surface area contributed by atoms with Gasteiger partial charge in [0.2, 0.25) is 0 Å². The topological polar surface area (TPSA) is 60.2 Å². The van der Waals surface area contributed by atoms with Gasteiger partial charge in [-0.05, 0) is 30.8 Å². The standard InChI is InChI=1S/C10H12ClN3OS/c11-9-8(6-12)10(16-13-9)14(4-5-15)7-2-1-3-7/h7,15H,1-5H2. The lowest BCUT2D eigenvalue weighted by molar-refractivity contribution is 0.284. The molecule has 1 heterocycles. The molecule has 86 valence electrons. The molecule has 1 aromatic heterocycles. The number of aromatic nitrogens is 1. The van der Waals surface area contributed by atoms with Crippen LogP contribution in [0.15, 0.2) is 0 Å². The van der Waals surface area contributed by atoms with Gasteiger partial charge in [-0.2, -0.15) is 9.64 Å². The van der Waals surface area contributed by atoms with Gasteiger partial charge >= 0.3 is 0 Å². The zero-order chi connectivity index (χ0) is 11.5. The van der Waals surface area contributed by atoms with E-state index < -0.39 is 0 Å². The van der Waals surface area contributed by atoms with Gasteiger partial charge in [-0.15, -0.1) is 0 Å². The third-order valence-electron chi connectivity index (χ3n) is 2.86. The molecular formula is C10H12ClN3OS. The highest BCUT2D eigenvalue weighted by Gasteiger charge is 2.28. The average Bonchev–Trinajstić information content (AvgIpc) is 2.56. The van der Waals surface area contributed by atoms with Gasteiger partial charge in [-0.3, -0.25) is 0 Å². The second-order valence-corrected chi connectivity index (χ2v) is 4.88. The van der Waals surface area contributed by atoms with Gasteiger partial charge in [0.05, 0.1) is 6.61 Å². The van der Waals surface area contributed by atoms with E-state index in [1.54, 1.807) is 0 Å². The van der Waals surface area contributed by atoms with Crippen molar-refractivity contribution >= 4 is 28.1 Å². The summed E-state index contributed by atoms with van der Waals surface area (Å²) in [7, 11) is 0. The number of hydrogen-bond acceptors (Lipinski definition) is 5. The number of aliphatic hydroxyl groups excluding tert-OH is 1. The van der Waals surface area contributed by atoms with Gasteiger partial charge < -0.3 is 10.0 Å². The van der Waals surface area contributed by atoms with Crippen molar-refractivity contribution in [2.75, 3.05) is 18.1 Å². The Morgan fingerprint density at radius 2 is 2.38 bits per heavy atom. The molecule has 2 rings (SSSR count). The zero-order valence-corrected chi connectivity index (χ0v) is 10.3. The van der Waals surface area contributed by atoms with Crippen LogP contribution in [0.5, 0.6) is 0 Å². The van der Waals surface area contributed by atoms with E-state index in [0.717, 1.165) is 17.8 Å². The van der Waals surface area contributed by atoms with E-state index in [-0.39, 0.29) is 11.8 Å². The summed E-state index contributed by atoms with van der Waals surface area (Å²) in [6.07, 6.45) is 3.43. The summed E-state index contributed by atoms with van der Waals surface area (Å²) in [6.45, 7) is 0.620. The first-order chi connectivity index (χ1) is 7.77. The van der Waals surface area contributed by atoms with Crippen molar-refractivity contribution in [3.8, 4) is 6.07 Å². The van der Waals surface area contributed by atoms with Crippen LogP contribution in [0.25, 0.3) is 0 Å². The van der Waals surface area contributed by atoms with Crippen LogP contribution in [0.1, 0.15) is 24.8 Å². The molecule has 1 fully saturated rings. The van der Waals surface area contributed by atoms with Crippen molar-refractivity contribution < 1.29 is 5.11 Å². The number of anilines is 1. The fraction of sp³-hybridized carbons (Fsp3) is 0.600. The van der Waals surface area contributed by atoms with Crippen molar-refractivity contribution in [3.05, 3.63) is 10.7 Å². The summed E-state index contributed by atoms with van der Waals surface area (Å²) < 4.78 is 3.99. The Labute approximate surface area is 103 Å². The summed E-state index contributed by atoms with van der Waals surface area (Å²) in [6, 6.07) is 2.51. The van der Waals surface area contributed by atoms with Crippen LogP contribution < -0.4 is 4.90 Å². The van der Waals surface area contributed by atoms with E-state index in [1.165, 1.54) is 18.0 Å². The van der Waals surface area contributed by atoms with E-state index in [1.807, 2.05) is 0 Å². The molecule has 0 amide bonds. The summed E-state index contributed by atoms with van der Waals surface area (Å²) >= 11 is 7.08. The molecule has 0 spiro atoms. The third-order valence-corrected chi connectivity index (χ3v) is 4.12. The first-order valence-electron chi connectivity index (χ1n) is 5.20. The molecular weight excluding hydrogens is 246 g/mol. The predicted octanol–water partition coefficient (Wildman–Crippen LogP) is 2.02. The highest BCUT2D eigenvalue weighted by Crippen LogP contribution is 2.36. The molecule has 6 heteroatoms. The first-order valence-corrected chi connectivity index (χ1v) is 6.36. The fourth-order valence-corrected chi connectivity index (χ4v) is 2.94. The number of aliphatic hydroxyl groups is 1. The lowest BCUT2D eigenvalue weighted by atomic mass is 9.91. The molecule has 0 aromatic carbocycles. The molecule has 1 N–H and O–H groups in total. The Bertz CT molecular complexity index is 411. The molecule has 0 radical (unpaired) electrons. The number of halogens is 1. The molecule has 16 heavy (non-hydrogen) atoms. The second kappa shape index (κ2) is 5.00. The predicted molar refractivity (Wildman–Crippen MR) is 63.9 cm³/mol. The number of rotatable bonds is 4. The Kier molecular flexibility index (Phi) is 3.64. The Hall–Kier alpha value is -0.830. The molecule has 0 saturated heterocycles. The molecule has 1 saturated carbocycles. The van der Waals surface area contributed by atoms with E-state index >= 15 is 0 Å². The maximum Gasteiger partial charge on any atom is 0.162 e. The Morgan fingerprint density at radius 1 is 1.62 bits per heavy atom. The summed E-state index contributed by atoms with van der Waals surface area (Å²) in [5.41, 5.74) is 0.437. The van der Waals surface area contributed by atoms with Crippen LogP contribution in [0, 0.1) is 11.3 Å². The van der Waals surface area contributed by atoms with E-state index in [2.05, 4.69) is 15.3 Å². The van der Waals surface area contributed by atoms with Crippen LogP contribution in [0.2, 0.25) is 5.15 Å². The van der Waals surface area contributed by atoms with Gasteiger partial charge in [0, 0.05) is 12.6 Å². The minimum absolute atomic E-state index is 0.0802. The maximum absolute atomic E-state index is 9.06. The Balaban J connectivity index is 2.27. The van der Waals surface area contributed by atoms with Crippen LogP contribution in [0.3, 0.4) is 0 Å². The number of nitriles is 1. The van der Waals surface area contributed by atoms with Gasteiger partial charge in [-0.25, -0.2) is 0 Å². The zero-order valence-electron chi connectivity index (χ0n) is 8.69. The minimum Gasteiger partial charge on any atom is -0.395 e. The molecule has 1 aromatic rings. The average molecular weight is 258 g/mol. The highest BCUT2D eigenvalue weighted by molar-refractivity contribution is 7.10. The van der Waals surface area contributed by atoms with Gasteiger partial charge in [0.15, 0.2) is 5.15 Å². The van der Waals surface area contributed by atoms with Crippen molar-refractivity contribution in [3.63, 3.8) is 0 Å². The minimum atomic E-state index is 0.0802. The van der Waals surface area contributed by atoms with Crippen LogP contribution in [-0.2, 0) is 0 Å². The second-order valence-electron chi connectivity index (χ2n) is 3.77. The summed E-state index contributed by atoms with van der Waals surface area (Å²) in [5.74, 6) is 0. The SMILES string of the molecule is N#Cc1c(Cl)nsc1N(CCO)C1CCC1. The molecule has 0 bridgehead atoms. The number of hydrogen-bond donors (Lipinski definition) is 1. The largest absolute Gasteiger partial charge is 0.395 e. The number of nitrogens with zero attached hydrogens (tertiary/aromatic N) is 3. The summed E-state index contributed by atoms with van der Waals surface area (Å²) in [5, 5.41) is 19.2. The monoisotopic (exact) mass is 257 g/mol. The maximum atomic E-state index is 9.06. The van der Waals surface area contributed by atoms with Crippen LogP contribution in [0.4, 0.5) is 5.00 Å². The van der Waals surface area contributed by atoms with Crippen molar-refractivity contribution in [2.24, 2.45) is 0 Å². The van der Waals surface area contributed by atoms with Crippen molar-refractivity contribution in [1.29, 1.82) is 5.26 Å². The van der Waals surface area contributed by atoms with Crippen LogP contribution >= 0.6 is 23.1 Å². The van der Waals surface area contributed by atoms with Gasteiger partial charge in [-0.1, -0.05) is 11.6 Å². The smallest absolute Gasteiger partial charge is 0.162 e. The van der Waals surface area contributed by atoms with Crippen molar-refractivity contribution in [2.45, 2.75) is 25.3 Å². The van der Waals surface area contributed by atoms with E-state index in [9.17, 15) is 0 Å². The first kappa shape index (κ1) is 11.6. The fourth-order valence-electron chi connectivity index (χ4n) is 1.81. The molecule has 0 unspecified atom stereocenters. The quantitative estimate of drug-likeness (QED) is 0.897. The molecule has 1 aliphatic rings. The van der Waals surface area contributed by atoms with Gasteiger partial charge in [0.1, 0.15) is 16.6 Å². The molecule has 0 aliphatic heterocycles. The normalized spacial score (nSPS) is 15.6. The third kappa shape index (κ3) is 2.01. The lowest BCUT2D eigenvalue weighted by Gasteiger charge is -2.37. The molecule has 4 nitrogen and oxygen atoms in total. The van der Waals surface area contributed by atoms with E-state index in [4.69, 9.17) is 22.0 Å². The van der Waals surface area contributed by atoms with Gasteiger partial charge in [0.25, 0.3) is 0 Å². The van der Waals surface area contributed by atoms with Crippen LogP contribution in [-0.4, -0.2) is 28.7 Å². The highest BCUT2D eigenvalue weighted by atomic mass is 35.5.